The van der Waals surface area contributed by atoms with E-state index in [1.54, 1.807) is 0 Å². The molecule has 1 aliphatic carbocycles. The fourth-order valence-electron chi connectivity index (χ4n) is 7.79. The fraction of sp³-hybridized carbons (Fsp3) is 0.0417. The first-order chi connectivity index (χ1) is 25.6. The minimum atomic E-state index is 0.897. The Bertz CT molecular complexity index is 2810. The maximum Gasteiger partial charge on any atom is 0.0737 e. The lowest BCUT2D eigenvalue weighted by Crippen LogP contribution is -1.94. The third-order valence-electron chi connectivity index (χ3n) is 10.3. The van der Waals surface area contributed by atoms with E-state index in [2.05, 4.69) is 182 Å². The highest BCUT2D eigenvalue weighted by molar-refractivity contribution is 6.18. The van der Waals surface area contributed by atoms with Gasteiger partial charge in [0.1, 0.15) is 0 Å². The van der Waals surface area contributed by atoms with Crippen molar-refractivity contribution in [3.8, 4) is 22.3 Å². The lowest BCUT2D eigenvalue weighted by molar-refractivity contribution is 1.30. The van der Waals surface area contributed by atoms with E-state index < -0.39 is 0 Å². The van der Waals surface area contributed by atoms with Crippen molar-refractivity contribution in [2.24, 2.45) is 0 Å². The second kappa shape index (κ2) is 11.9. The van der Waals surface area contributed by atoms with Crippen LogP contribution in [0.2, 0.25) is 0 Å². The summed E-state index contributed by atoms with van der Waals surface area (Å²) in [6.45, 7) is 4.25. The number of fused-ring (bicyclic) bond motifs is 8. The molecule has 3 aromatic heterocycles. The molecule has 2 N–H and O–H groups in total. The average Bonchev–Trinajstić information content (AvgIpc) is 4.02. The van der Waals surface area contributed by atoms with Crippen molar-refractivity contribution >= 4 is 57.5 Å². The largest absolute Gasteiger partial charge is 0.355 e. The minimum absolute atomic E-state index is 0.897. The van der Waals surface area contributed by atoms with Gasteiger partial charge in [0.2, 0.25) is 0 Å². The van der Waals surface area contributed by atoms with E-state index in [1.807, 2.05) is 0 Å². The summed E-state index contributed by atoms with van der Waals surface area (Å²) in [5.74, 6) is 0. The highest BCUT2D eigenvalue weighted by Crippen LogP contribution is 2.49. The summed E-state index contributed by atoms with van der Waals surface area (Å²) in [7, 11) is 0. The van der Waals surface area contributed by atoms with Gasteiger partial charge in [0.25, 0.3) is 0 Å². The highest BCUT2D eigenvalue weighted by atomic mass is 14.8. The van der Waals surface area contributed by atoms with Crippen LogP contribution < -0.4 is 0 Å². The Balaban J connectivity index is 1.40. The summed E-state index contributed by atoms with van der Waals surface area (Å²) in [6, 6.07) is 47.7. The summed E-state index contributed by atoms with van der Waals surface area (Å²) < 4.78 is 0. The van der Waals surface area contributed by atoms with Crippen molar-refractivity contribution in [3.05, 3.63) is 190 Å². The molecule has 2 aliphatic heterocycles. The van der Waals surface area contributed by atoms with Gasteiger partial charge in [-0.05, 0) is 90.2 Å². The predicted molar refractivity (Wildman–Crippen MR) is 217 cm³/mol. The maximum absolute atomic E-state index is 5.50. The van der Waals surface area contributed by atoms with Crippen LogP contribution in [0.5, 0.6) is 0 Å². The number of H-pyrrole nitrogens is 2. The molecular weight excluding hydrogens is 633 g/mol. The number of hydrogen-bond acceptors (Lipinski definition) is 2. The molecule has 0 unspecified atom stereocenters. The van der Waals surface area contributed by atoms with Crippen molar-refractivity contribution in [2.45, 2.75) is 13.8 Å². The molecule has 7 aromatic rings. The van der Waals surface area contributed by atoms with Crippen LogP contribution in [0, 0.1) is 13.8 Å². The molecule has 4 nitrogen and oxygen atoms in total. The second-order valence-electron chi connectivity index (χ2n) is 13.8. The Labute approximate surface area is 302 Å². The number of benzene rings is 4. The number of rotatable bonds is 4. The molecule has 246 valence electrons. The molecule has 8 bridgehead atoms. The van der Waals surface area contributed by atoms with Gasteiger partial charge in [0.05, 0.1) is 28.3 Å². The van der Waals surface area contributed by atoms with Crippen molar-refractivity contribution in [3.63, 3.8) is 0 Å². The van der Waals surface area contributed by atoms with Crippen molar-refractivity contribution in [2.75, 3.05) is 0 Å². The summed E-state index contributed by atoms with van der Waals surface area (Å²) in [4.78, 5) is 18.4. The van der Waals surface area contributed by atoms with Crippen LogP contribution in [0.25, 0.3) is 79.8 Å². The minimum Gasteiger partial charge on any atom is -0.355 e. The van der Waals surface area contributed by atoms with E-state index in [1.165, 1.54) is 22.3 Å². The molecule has 4 heteroatoms. The number of aromatic nitrogens is 4. The highest BCUT2D eigenvalue weighted by Gasteiger charge is 2.30. The lowest BCUT2D eigenvalue weighted by Gasteiger charge is -2.12. The van der Waals surface area contributed by atoms with E-state index >= 15 is 0 Å². The standard InChI is InChI=1S/C48H34N4/c1-29-13-17-33(18-14-29)44-38-23-21-35(49-38)27-36-22-24-39(50-36)45(34-19-15-30(2)16-20-34)42-28-37-43(31-9-5-3-6-10-31)46(32-11-7-4-8-12-32)47(48(37)52-42)41-26-25-40(44)51-41/h3-28,49,52H,1-2H3. The van der Waals surface area contributed by atoms with Crippen molar-refractivity contribution in [1.82, 2.24) is 19.9 Å². The van der Waals surface area contributed by atoms with E-state index in [-0.39, 0.29) is 0 Å². The van der Waals surface area contributed by atoms with Gasteiger partial charge in [-0.2, -0.15) is 0 Å². The molecule has 3 aliphatic rings. The topological polar surface area (TPSA) is 57.4 Å². The first-order valence-electron chi connectivity index (χ1n) is 17.7. The Morgan fingerprint density at radius 2 is 0.981 bits per heavy atom. The second-order valence-corrected chi connectivity index (χ2v) is 13.8. The van der Waals surface area contributed by atoms with Crippen LogP contribution in [0.1, 0.15) is 56.2 Å². The van der Waals surface area contributed by atoms with Gasteiger partial charge in [-0.1, -0.05) is 120 Å². The Hall–Kier alpha value is -6.78. The molecule has 0 spiro atoms. The number of hydrogen-bond donors (Lipinski definition) is 2. The Morgan fingerprint density at radius 1 is 0.423 bits per heavy atom. The predicted octanol–water partition coefficient (Wildman–Crippen LogP) is 11.9. The number of nitrogens with zero attached hydrogens (tertiary/aromatic N) is 2. The quantitative estimate of drug-likeness (QED) is 0.196. The van der Waals surface area contributed by atoms with Crippen LogP contribution >= 0.6 is 0 Å². The normalized spacial score (nSPS) is 13.0. The maximum atomic E-state index is 5.50. The molecule has 5 heterocycles. The molecule has 0 radical (unpaired) electrons. The molecule has 0 amide bonds. The molecule has 0 saturated heterocycles. The average molecular weight is 667 g/mol. The first kappa shape index (κ1) is 30.1. The zero-order valence-electron chi connectivity index (χ0n) is 28.9. The number of aryl methyl sites for hydroxylation is 2. The zero-order valence-corrected chi connectivity index (χ0v) is 28.9. The number of aromatic amines is 2. The van der Waals surface area contributed by atoms with Gasteiger partial charge in [0, 0.05) is 44.4 Å². The van der Waals surface area contributed by atoms with Gasteiger partial charge < -0.3 is 9.97 Å². The van der Waals surface area contributed by atoms with Gasteiger partial charge >= 0.3 is 0 Å². The van der Waals surface area contributed by atoms with E-state index in [4.69, 9.17) is 9.97 Å². The van der Waals surface area contributed by atoms with Crippen LogP contribution in [-0.4, -0.2) is 19.9 Å². The molecular formula is C48H34N4. The summed E-state index contributed by atoms with van der Waals surface area (Å²) in [5.41, 5.74) is 21.4. The van der Waals surface area contributed by atoms with Crippen molar-refractivity contribution in [1.29, 1.82) is 0 Å². The van der Waals surface area contributed by atoms with E-state index in [0.29, 0.717) is 0 Å². The van der Waals surface area contributed by atoms with Crippen LogP contribution in [0.15, 0.2) is 133 Å². The Morgan fingerprint density at radius 3 is 1.63 bits per heavy atom. The third kappa shape index (κ3) is 4.99. The van der Waals surface area contributed by atoms with Crippen LogP contribution in [0.3, 0.4) is 0 Å². The van der Waals surface area contributed by atoms with Crippen molar-refractivity contribution < 1.29 is 0 Å². The molecule has 10 rings (SSSR count). The smallest absolute Gasteiger partial charge is 0.0737 e. The third-order valence-corrected chi connectivity index (χ3v) is 10.3. The molecule has 0 saturated carbocycles. The first-order valence-corrected chi connectivity index (χ1v) is 17.7. The zero-order chi connectivity index (χ0) is 34.8. The Kier molecular flexibility index (Phi) is 6.90. The fourth-order valence-corrected chi connectivity index (χ4v) is 7.79. The molecule has 52 heavy (non-hydrogen) atoms. The summed E-state index contributed by atoms with van der Waals surface area (Å²) in [6.07, 6.45) is 8.59. The van der Waals surface area contributed by atoms with Crippen LogP contribution in [0.4, 0.5) is 0 Å². The van der Waals surface area contributed by atoms with E-state index in [0.717, 1.165) is 89.4 Å². The molecule has 4 aromatic carbocycles. The lowest BCUT2D eigenvalue weighted by atomic mass is 9.91. The van der Waals surface area contributed by atoms with Gasteiger partial charge in [-0.15, -0.1) is 0 Å². The molecule has 0 atom stereocenters. The van der Waals surface area contributed by atoms with Gasteiger partial charge in [0.15, 0.2) is 0 Å². The van der Waals surface area contributed by atoms with Gasteiger partial charge in [-0.25, -0.2) is 9.97 Å². The van der Waals surface area contributed by atoms with E-state index in [9.17, 15) is 0 Å². The van der Waals surface area contributed by atoms with Crippen LogP contribution in [-0.2, 0) is 0 Å². The van der Waals surface area contributed by atoms with Gasteiger partial charge in [-0.3, -0.25) is 0 Å². The summed E-state index contributed by atoms with van der Waals surface area (Å²) >= 11 is 0. The molecule has 0 fully saturated rings. The number of nitrogens with one attached hydrogen (secondary N) is 2. The monoisotopic (exact) mass is 666 g/mol. The SMILES string of the molecule is Cc1ccc(-c2c3nc(c4c5[nH]c(cc5C(c5ccccc5)=C4c4ccccc4)c(-c4ccc(C)cc4)c4nc(cc5ccc2[nH]5)C=C4)C=C3)cc1. The summed E-state index contributed by atoms with van der Waals surface area (Å²) in [5, 5.41) is 0.